The fourth-order valence-corrected chi connectivity index (χ4v) is 4.73. The summed E-state index contributed by atoms with van der Waals surface area (Å²) in [6, 6.07) is 5.23. The zero-order valence-electron chi connectivity index (χ0n) is 21.3. The Morgan fingerprint density at radius 1 is 1.09 bits per heavy atom. The number of hydrogen-bond acceptors (Lipinski definition) is 9. The van der Waals surface area contributed by atoms with E-state index in [1.807, 2.05) is 0 Å². The highest BCUT2D eigenvalue weighted by Gasteiger charge is 2.44. The van der Waals surface area contributed by atoms with E-state index in [1.54, 1.807) is 38.6 Å². The Labute approximate surface area is 205 Å². The van der Waals surface area contributed by atoms with Crippen LogP contribution in [-0.4, -0.2) is 59.3 Å². The van der Waals surface area contributed by atoms with Gasteiger partial charge < -0.3 is 29.7 Å². The number of ether oxygens (including phenoxy) is 3. The Kier molecular flexibility index (Phi) is 7.72. The summed E-state index contributed by atoms with van der Waals surface area (Å²) in [7, 11) is 4.48. The molecule has 3 rings (SSSR count). The van der Waals surface area contributed by atoms with Gasteiger partial charge in [-0.05, 0) is 40.5 Å². The third kappa shape index (κ3) is 6.32. The van der Waals surface area contributed by atoms with E-state index in [1.165, 1.54) is 13.2 Å². The summed E-state index contributed by atoms with van der Waals surface area (Å²) in [6.07, 6.45) is 5.73. The molecule has 1 aromatic heterocycles. The van der Waals surface area contributed by atoms with Gasteiger partial charge in [0.15, 0.2) is 11.6 Å². The number of rotatable bonds is 8. The number of nitrogens with one attached hydrogen (secondary N) is 2. The molecule has 0 aliphatic carbocycles. The third-order valence-corrected chi connectivity index (χ3v) is 6.05. The second-order valence-corrected chi connectivity index (χ2v) is 9.70. The van der Waals surface area contributed by atoms with Crippen LogP contribution in [0.1, 0.15) is 40.5 Å². The van der Waals surface area contributed by atoms with Crippen molar-refractivity contribution in [2.24, 2.45) is 0 Å². The lowest BCUT2D eigenvalue weighted by atomic mass is 9.77. The summed E-state index contributed by atoms with van der Waals surface area (Å²) >= 11 is 0. The molecule has 9 nitrogen and oxygen atoms in total. The Hall–Kier alpha value is -3.56. The van der Waals surface area contributed by atoms with Gasteiger partial charge in [0.1, 0.15) is 11.5 Å². The van der Waals surface area contributed by atoms with Gasteiger partial charge in [-0.1, -0.05) is 0 Å². The lowest BCUT2D eigenvalue weighted by Crippen LogP contribution is -2.60. The number of aromatic nitrogens is 2. The van der Waals surface area contributed by atoms with Crippen molar-refractivity contribution in [1.29, 1.82) is 0 Å². The van der Waals surface area contributed by atoms with Crippen LogP contribution in [0.25, 0.3) is 0 Å². The lowest BCUT2D eigenvalue weighted by molar-refractivity contribution is -0.135. The van der Waals surface area contributed by atoms with Gasteiger partial charge in [-0.25, -0.2) is 14.2 Å². The number of halogens is 1. The first kappa shape index (κ1) is 26.1. The van der Waals surface area contributed by atoms with Gasteiger partial charge in [0.2, 0.25) is 5.95 Å². The Morgan fingerprint density at radius 2 is 1.69 bits per heavy atom. The van der Waals surface area contributed by atoms with E-state index < -0.39 is 11.8 Å². The number of nitrogens with zero attached hydrogens (tertiary/aromatic N) is 3. The topological polar surface area (TPSA) is 97.8 Å². The number of carbonyl (C=O) groups is 1. The number of carbonyl (C=O) groups excluding carboxylic acids is 1. The van der Waals surface area contributed by atoms with Crippen molar-refractivity contribution in [3.63, 3.8) is 0 Å². The Bertz CT molecular complexity index is 1050. The number of hydrogen-bond donors (Lipinski definition) is 2. The minimum absolute atomic E-state index is 0.0584. The van der Waals surface area contributed by atoms with Gasteiger partial charge in [0.25, 0.3) is 0 Å². The summed E-state index contributed by atoms with van der Waals surface area (Å²) in [6.45, 7) is 8.35. The smallest absolute Gasteiger partial charge is 0.331 e. The number of likely N-dealkylation sites (tertiary alicyclic amines) is 1. The summed E-state index contributed by atoms with van der Waals surface area (Å²) in [4.78, 5) is 22.2. The van der Waals surface area contributed by atoms with Gasteiger partial charge in [-0.3, -0.25) is 0 Å². The maximum Gasteiger partial charge on any atom is 0.331 e. The van der Waals surface area contributed by atoms with Gasteiger partial charge >= 0.3 is 5.97 Å². The SMILES string of the molecule is COC(=O)/C=C/N1C(C)(C)CC(Nc2nc(Nc3cc(OC)cc(OC)c3)ncc2F)CC1(C)C. The van der Waals surface area contributed by atoms with Crippen LogP contribution in [0.2, 0.25) is 0 Å². The van der Waals surface area contributed by atoms with Crippen molar-refractivity contribution in [3.05, 3.63) is 42.5 Å². The molecule has 2 aromatic rings. The Balaban J connectivity index is 1.79. The quantitative estimate of drug-likeness (QED) is 0.412. The maximum atomic E-state index is 14.7. The standard InChI is InChI=1S/C25H34FN5O4/c1-24(2)13-17(14-25(3,4)31(24)9-8-21(32)35-7)28-22-20(26)15-27-23(30-22)29-16-10-18(33-5)12-19(11-16)34-6/h8-12,15,17H,13-14H2,1-7H3,(H2,27,28,29,30)/b9-8+. The van der Waals surface area contributed by atoms with E-state index in [-0.39, 0.29) is 28.9 Å². The van der Waals surface area contributed by atoms with E-state index in [2.05, 4.69) is 53.2 Å². The van der Waals surface area contributed by atoms with Crippen molar-refractivity contribution in [1.82, 2.24) is 14.9 Å². The highest BCUT2D eigenvalue weighted by Crippen LogP contribution is 2.40. The van der Waals surface area contributed by atoms with Crippen LogP contribution >= 0.6 is 0 Å². The molecule has 1 aliphatic rings. The molecule has 190 valence electrons. The predicted octanol–water partition coefficient (Wildman–Crippen LogP) is 4.50. The first-order valence-electron chi connectivity index (χ1n) is 11.3. The second kappa shape index (κ2) is 10.4. The predicted molar refractivity (Wildman–Crippen MR) is 133 cm³/mol. The van der Waals surface area contributed by atoms with E-state index in [0.717, 1.165) is 6.20 Å². The minimum atomic E-state index is -0.539. The van der Waals surface area contributed by atoms with Crippen molar-refractivity contribution in [3.8, 4) is 11.5 Å². The van der Waals surface area contributed by atoms with Gasteiger partial charge in [0, 0.05) is 53.3 Å². The number of piperidine rings is 1. The molecule has 10 heteroatoms. The van der Waals surface area contributed by atoms with Crippen molar-refractivity contribution >= 4 is 23.4 Å². The normalized spacial score (nSPS) is 17.2. The van der Waals surface area contributed by atoms with E-state index in [0.29, 0.717) is 30.0 Å². The van der Waals surface area contributed by atoms with Crippen LogP contribution in [0.3, 0.4) is 0 Å². The summed E-state index contributed by atoms with van der Waals surface area (Å²) in [5.41, 5.74) is 0.0175. The van der Waals surface area contributed by atoms with Crippen molar-refractivity contribution in [2.75, 3.05) is 32.0 Å². The number of methoxy groups -OCH3 is 3. The largest absolute Gasteiger partial charge is 0.497 e. The number of benzene rings is 1. The average molecular weight is 488 g/mol. The average Bonchev–Trinajstić information content (AvgIpc) is 2.79. The van der Waals surface area contributed by atoms with Crippen LogP contribution in [0, 0.1) is 5.82 Å². The van der Waals surface area contributed by atoms with Crippen LogP contribution in [0.4, 0.5) is 21.8 Å². The van der Waals surface area contributed by atoms with Gasteiger partial charge in [-0.2, -0.15) is 4.98 Å². The molecule has 1 saturated heterocycles. The maximum absolute atomic E-state index is 14.7. The van der Waals surface area contributed by atoms with Crippen LogP contribution in [0.5, 0.6) is 11.5 Å². The van der Waals surface area contributed by atoms with Gasteiger partial charge in [0.05, 0.1) is 27.5 Å². The fraction of sp³-hybridized carbons (Fsp3) is 0.480. The van der Waals surface area contributed by atoms with Crippen LogP contribution < -0.4 is 20.1 Å². The lowest BCUT2D eigenvalue weighted by Gasteiger charge is -2.55. The molecular weight excluding hydrogens is 453 g/mol. The zero-order chi connectivity index (χ0) is 25.8. The number of esters is 1. The fourth-order valence-electron chi connectivity index (χ4n) is 4.73. The molecule has 0 bridgehead atoms. The molecular formula is C25H34FN5O4. The van der Waals surface area contributed by atoms with E-state index >= 15 is 0 Å². The summed E-state index contributed by atoms with van der Waals surface area (Å²) < 4.78 is 30.0. The summed E-state index contributed by atoms with van der Waals surface area (Å²) in [5.74, 6) is 0.610. The summed E-state index contributed by atoms with van der Waals surface area (Å²) in [5, 5.41) is 6.35. The molecule has 1 aromatic carbocycles. The molecule has 0 spiro atoms. The van der Waals surface area contributed by atoms with Crippen LogP contribution in [-0.2, 0) is 9.53 Å². The molecule has 2 N–H and O–H groups in total. The zero-order valence-corrected chi connectivity index (χ0v) is 21.3. The Morgan fingerprint density at radius 3 is 2.23 bits per heavy atom. The number of anilines is 3. The second-order valence-electron chi connectivity index (χ2n) is 9.70. The third-order valence-electron chi connectivity index (χ3n) is 6.05. The molecule has 0 atom stereocenters. The highest BCUT2D eigenvalue weighted by molar-refractivity contribution is 5.81. The monoisotopic (exact) mass is 487 g/mol. The van der Waals surface area contributed by atoms with Crippen molar-refractivity contribution < 1.29 is 23.4 Å². The molecule has 1 aliphatic heterocycles. The van der Waals surface area contributed by atoms with Gasteiger partial charge in [-0.15, -0.1) is 0 Å². The molecule has 2 heterocycles. The molecule has 1 fully saturated rings. The van der Waals surface area contributed by atoms with Crippen molar-refractivity contribution in [2.45, 2.75) is 57.7 Å². The molecule has 35 heavy (non-hydrogen) atoms. The van der Waals surface area contributed by atoms with Crippen LogP contribution in [0.15, 0.2) is 36.7 Å². The highest BCUT2D eigenvalue weighted by atomic mass is 19.1. The first-order chi connectivity index (χ1) is 16.5. The van der Waals surface area contributed by atoms with E-state index in [9.17, 15) is 9.18 Å². The molecule has 0 saturated carbocycles. The molecule has 0 amide bonds. The minimum Gasteiger partial charge on any atom is -0.497 e. The molecule has 0 unspecified atom stereocenters. The van der Waals surface area contributed by atoms with E-state index in [4.69, 9.17) is 14.2 Å². The molecule has 0 radical (unpaired) electrons. The first-order valence-corrected chi connectivity index (χ1v) is 11.3.